The molecular formula is C7H5BN2O3. The summed E-state index contributed by atoms with van der Waals surface area (Å²) in [7, 11) is -1.79. The molecule has 0 aliphatic heterocycles. The van der Waals surface area contributed by atoms with Crippen molar-refractivity contribution in [1.29, 1.82) is 5.26 Å². The van der Waals surface area contributed by atoms with E-state index in [1.165, 1.54) is 6.20 Å². The number of carbonyl (C=O) groups excluding carboxylic acids is 1. The molecule has 5 nitrogen and oxygen atoms in total. The Labute approximate surface area is 74.4 Å². The Morgan fingerprint density at radius 2 is 2.23 bits per heavy atom. The normalized spacial score (nSPS) is 9.00. The fraction of sp³-hybridized carbons (Fsp3) is 0. The fourth-order valence-electron chi connectivity index (χ4n) is 0.913. The predicted molar refractivity (Wildman–Crippen MR) is 44.2 cm³/mol. The minimum Gasteiger partial charge on any atom is -0.423 e. The Bertz CT molecular complexity index is 372. The van der Waals surface area contributed by atoms with E-state index >= 15 is 0 Å². The first-order valence-electron chi connectivity index (χ1n) is 3.40. The monoisotopic (exact) mass is 176 g/mol. The second kappa shape index (κ2) is 3.80. The molecule has 6 heteroatoms. The Morgan fingerprint density at radius 3 is 2.69 bits per heavy atom. The molecule has 0 aromatic carbocycles. The minimum atomic E-state index is -1.79. The van der Waals surface area contributed by atoms with Crippen LogP contribution in [0.5, 0.6) is 0 Å². The summed E-state index contributed by atoms with van der Waals surface area (Å²) in [6.45, 7) is 0. The summed E-state index contributed by atoms with van der Waals surface area (Å²) >= 11 is 0. The van der Waals surface area contributed by atoms with Crippen LogP contribution >= 0.6 is 0 Å². The van der Waals surface area contributed by atoms with Crippen LogP contribution in [0.15, 0.2) is 12.4 Å². The van der Waals surface area contributed by atoms with Crippen LogP contribution in [0.4, 0.5) is 0 Å². The third kappa shape index (κ3) is 1.72. The summed E-state index contributed by atoms with van der Waals surface area (Å²) in [5, 5.41) is 26.1. The average molecular weight is 176 g/mol. The van der Waals surface area contributed by atoms with Crippen LogP contribution in [0.3, 0.4) is 0 Å². The second-order valence-corrected chi connectivity index (χ2v) is 2.29. The number of aromatic nitrogens is 1. The molecule has 1 aromatic heterocycles. The van der Waals surface area contributed by atoms with E-state index in [9.17, 15) is 4.79 Å². The molecule has 0 amide bonds. The van der Waals surface area contributed by atoms with Crippen LogP contribution < -0.4 is 5.46 Å². The predicted octanol–water partition coefficient (Wildman–Crippen LogP) is -1.55. The van der Waals surface area contributed by atoms with Gasteiger partial charge in [0, 0.05) is 23.4 Å². The highest BCUT2D eigenvalue weighted by molar-refractivity contribution is 6.60. The van der Waals surface area contributed by atoms with Gasteiger partial charge in [-0.15, -0.1) is 0 Å². The van der Waals surface area contributed by atoms with Crippen LogP contribution in [0.1, 0.15) is 15.9 Å². The van der Waals surface area contributed by atoms with E-state index in [2.05, 4.69) is 4.98 Å². The largest absolute Gasteiger partial charge is 0.490 e. The summed E-state index contributed by atoms with van der Waals surface area (Å²) in [5.41, 5.74) is -0.0675. The molecule has 0 saturated carbocycles. The van der Waals surface area contributed by atoms with Crippen LogP contribution in [0.25, 0.3) is 0 Å². The van der Waals surface area contributed by atoms with Gasteiger partial charge in [-0.2, -0.15) is 5.26 Å². The number of pyridine rings is 1. The molecule has 13 heavy (non-hydrogen) atoms. The number of nitrogens with zero attached hydrogens (tertiary/aromatic N) is 2. The molecule has 1 aromatic rings. The lowest BCUT2D eigenvalue weighted by atomic mass is 9.77. The lowest BCUT2D eigenvalue weighted by Crippen LogP contribution is -2.34. The second-order valence-electron chi connectivity index (χ2n) is 2.29. The zero-order chi connectivity index (χ0) is 9.84. The van der Waals surface area contributed by atoms with Crippen molar-refractivity contribution < 1.29 is 14.8 Å². The Balaban J connectivity index is 3.37. The molecule has 0 atom stereocenters. The summed E-state index contributed by atoms with van der Waals surface area (Å²) < 4.78 is 0. The van der Waals surface area contributed by atoms with Crippen molar-refractivity contribution in [2.45, 2.75) is 0 Å². The first-order chi connectivity index (χ1) is 6.20. The number of nitriles is 1. The number of carbonyl (C=O) groups is 1. The lowest BCUT2D eigenvalue weighted by molar-refractivity contribution is 0.112. The van der Waals surface area contributed by atoms with Gasteiger partial charge < -0.3 is 10.0 Å². The maximum Gasteiger partial charge on any atom is 0.490 e. The maximum absolute atomic E-state index is 10.5. The summed E-state index contributed by atoms with van der Waals surface area (Å²) in [5.74, 6) is 0. The van der Waals surface area contributed by atoms with Gasteiger partial charge in [-0.3, -0.25) is 9.78 Å². The van der Waals surface area contributed by atoms with E-state index in [0.29, 0.717) is 6.29 Å². The van der Waals surface area contributed by atoms with Gasteiger partial charge in [-0.25, -0.2) is 0 Å². The van der Waals surface area contributed by atoms with Crippen molar-refractivity contribution in [2.24, 2.45) is 0 Å². The van der Waals surface area contributed by atoms with Gasteiger partial charge in [0.05, 0.1) is 5.56 Å². The molecule has 2 N–H and O–H groups in total. The molecule has 0 radical (unpaired) electrons. The fourth-order valence-corrected chi connectivity index (χ4v) is 0.913. The van der Waals surface area contributed by atoms with E-state index in [1.807, 2.05) is 0 Å². The number of hydrogen-bond donors (Lipinski definition) is 2. The van der Waals surface area contributed by atoms with E-state index in [1.54, 1.807) is 6.07 Å². The van der Waals surface area contributed by atoms with Crippen molar-refractivity contribution in [3.8, 4) is 6.07 Å². The van der Waals surface area contributed by atoms with E-state index in [-0.39, 0.29) is 16.6 Å². The molecular weight excluding hydrogens is 171 g/mol. The Hall–Kier alpha value is -1.71. The van der Waals surface area contributed by atoms with E-state index in [4.69, 9.17) is 15.3 Å². The molecule has 0 bridgehead atoms. The highest BCUT2D eigenvalue weighted by Crippen LogP contribution is 1.99. The standard InChI is InChI=1S/C7H5BN2O3/c9-1-5-2-10-3-7(8(12)13)6(5)4-11/h2-4,12-13H. The molecule has 0 saturated heterocycles. The number of aldehydes is 1. The lowest BCUT2D eigenvalue weighted by Gasteiger charge is -2.02. The minimum absolute atomic E-state index is 0.0283. The first kappa shape index (κ1) is 9.38. The summed E-state index contributed by atoms with van der Waals surface area (Å²) in [4.78, 5) is 14.1. The van der Waals surface area contributed by atoms with Gasteiger partial charge in [0.2, 0.25) is 0 Å². The van der Waals surface area contributed by atoms with Crippen molar-refractivity contribution in [3.05, 3.63) is 23.5 Å². The smallest absolute Gasteiger partial charge is 0.423 e. The number of hydrogen-bond acceptors (Lipinski definition) is 5. The van der Waals surface area contributed by atoms with Crippen LogP contribution in [-0.4, -0.2) is 28.4 Å². The SMILES string of the molecule is N#Cc1cncc(B(O)O)c1C=O. The van der Waals surface area contributed by atoms with Crippen molar-refractivity contribution in [2.75, 3.05) is 0 Å². The molecule has 1 heterocycles. The highest BCUT2D eigenvalue weighted by atomic mass is 16.4. The van der Waals surface area contributed by atoms with Crippen molar-refractivity contribution in [1.82, 2.24) is 4.98 Å². The van der Waals surface area contributed by atoms with Gasteiger partial charge in [-0.1, -0.05) is 0 Å². The van der Waals surface area contributed by atoms with Gasteiger partial charge in [0.1, 0.15) is 6.07 Å². The molecule has 0 spiro atoms. The summed E-state index contributed by atoms with van der Waals surface area (Å²) in [6.07, 6.45) is 2.72. The highest BCUT2D eigenvalue weighted by Gasteiger charge is 2.18. The van der Waals surface area contributed by atoms with E-state index in [0.717, 1.165) is 6.20 Å². The van der Waals surface area contributed by atoms with Crippen LogP contribution in [-0.2, 0) is 0 Å². The zero-order valence-corrected chi connectivity index (χ0v) is 6.51. The zero-order valence-electron chi connectivity index (χ0n) is 6.51. The molecule has 0 aliphatic carbocycles. The van der Waals surface area contributed by atoms with Gasteiger partial charge in [-0.05, 0) is 0 Å². The quantitative estimate of drug-likeness (QED) is 0.420. The molecule has 64 valence electrons. The molecule has 0 unspecified atom stereocenters. The van der Waals surface area contributed by atoms with Crippen molar-refractivity contribution >= 4 is 18.9 Å². The average Bonchev–Trinajstić information content (AvgIpc) is 2.16. The molecule has 0 aliphatic rings. The molecule has 0 fully saturated rings. The van der Waals surface area contributed by atoms with Crippen molar-refractivity contribution in [3.63, 3.8) is 0 Å². The topological polar surface area (TPSA) is 94.2 Å². The Kier molecular flexibility index (Phi) is 2.74. The Morgan fingerprint density at radius 1 is 1.54 bits per heavy atom. The van der Waals surface area contributed by atoms with Crippen LogP contribution in [0.2, 0.25) is 0 Å². The third-order valence-electron chi connectivity index (χ3n) is 1.53. The first-order valence-corrected chi connectivity index (χ1v) is 3.40. The van der Waals surface area contributed by atoms with Gasteiger partial charge >= 0.3 is 7.12 Å². The maximum atomic E-state index is 10.5. The van der Waals surface area contributed by atoms with Gasteiger partial charge in [0.25, 0.3) is 0 Å². The third-order valence-corrected chi connectivity index (χ3v) is 1.53. The van der Waals surface area contributed by atoms with Gasteiger partial charge in [0.15, 0.2) is 6.29 Å². The summed E-state index contributed by atoms with van der Waals surface area (Å²) in [6, 6.07) is 1.73. The van der Waals surface area contributed by atoms with E-state index < -0.39 is 7.12 Å². The van der Waals surface area contributed by atoms with Crippen LogP contribution in [0, 0.1) is 11.3 Å². The number of rotatable bonds is 2. The molecule has 1 rings (SSSR count).